The lowest BCUT2D eigenvalue weighted by molar-refractivity contribution is 0.686. The summed E-state index contributed by atoms with van der Waals surface area (Å²) in [5.74, 6) is 0. The van der Waals surface area contributed by atoms with Gasteiger partial charge in [0.2, 0.25) is 0 Å². The van der Waals surface area contributed by atoms with Gasteiger partial charge in [-0.1, -0.05) is 18.1 Å². The maximum absolute atomic E-state index is 6.33. The number of nitrogens with zero attached hydrogens (tertiary/aromatic N) is 1. The van der Waals surface area contributed by atoms with Crippen LogP contribution >= 0.6 is 0 Å². The number of aryl methyl sites for hydroxylation is 1. The monoisotopic (exact) mass is 216 g/mol. The van der Waals surface area contributed by atoms with Gasteiger partial charge >= 0.3 is 0 Å². The summed E-state index contributed by atoms with van der Waals surface area (Å²) in [6, 6.07) is 2.08. The van der Waals surface area contributed by atoms with Gasteiger partial charge in [0.1, 0.15) is 0 Å². The van der Waals surface area contributed by atoms with Crippen molar-refractivity contribution < 1.29 is 0 Å². The summed E-state index contributed by atoms with van der Waals surface area (Å²) in [5, 5.41) is 0. The molecule has 0 spiro atoms. The van der Waals surface area contributed by atoms with Crippen molar-refractivity contribution in [3.8, 4) is 0 Å². The van der Waals surface area contributed by atoms with Crippen LogP contribution < -0.4 is 5.73 Å². The van der Waals surface area contributed by atoms with Gasteiger partial charge in [-0.15, -0.1) is 0 Å². The molecule has 1 heterocycles. The minimum absolute atomic E-state index is 0.0480. The van der Waals surface area contributed by atoms with Gasteiger partial charge in [-0.25, -0.2) is 0 Å². The highest BCUT2D eigenvalue weighted by atomic mass is 14.7. The van der Waals surface area contributed by atoms with E-state index < -0.39 is 0 Å². The summed E-state index contributed by atoms with van der Waals surface area (Å²) in [6.45, 7) is 2.11. The Morgan fingerprint density at radius 2 is 2.19 bits per heavy atom. The van der Waals surface area contributed by atoms with Crippen molar-refractivity contribution in [1.82, 2.24) is 4.98 Å². The lowest BCUT2D eigenvalue weighted by Crippen LogP contribution is -2.14. The zero-order chi connectivity index (χ0) is 11.4. The Balaban J connectivity index is 2.21. The maximum Gasteiger partial charge on any atom is 0.0528 e. The van der Waals surface area contributed by atoms with Gasteiger partial charge in [-0.2, -0.15) is 0 Å². The molecule has 1 aromatic heterocycles. The standard InChI is InChI=1S/C14H20N2/c1-11-8-9-16-10-13(11)14(15)12-6-4-2-3-5-7-12/h6,8-10,14H,2-5,7,15H2,1H3. The van der Waals surface area contributed by atoms with Crippen LogP contribution in [0.15, 0.2) is 30.1 Å². The van der Waals surface area contributed by atoms with E-state index in [0.29, 0.717) is 0 Å². The van der Waals surface area contributed by atoms with Crippen molar-refractivity contribution in [2.45, 2.75) is 45.1 Å². The summed E-state index contributed by atoms with van der Waals surface area (Å²) in [4.78, 5) is 4.18. The maximum atomic E-state index is 6.33. The van der Waals surface area contributed by atoms with Gasteiger partial charge in [0, 0.05) is 12.4 Å². The SMILES string of the molecule is Cc1ccncc1C(N)C1=CCCCCC1. The molecule has 0 saturated carbocycles. The molecule has 1 aromatic rings. The van der Waals surface area contributed by atoms with Gasteiger partial charge in [-0.3, -0.25) is 4.98 Å². The van der Waals surface area contributed by atoms with E-state index in [1.165, 1.54) is 42.4 Å². The van der Waals surface area contributed by atoms with Crippen LogP contribution in [0.5, 0.6) is 0 Å². The predicted molar refractivity (Wildman–Crippen MR) is 67.1 cm³/mol. The average molecular weight is 216 g/mol. The Kier molecular flexibility index (Phi) is 3.73. The molecule has 16 heavy (non-hydrogen) atoms. The van der Waals surface area contributed by atoms with Crippen molar-refractivity contribution in [3.05, 3.63) is 41.2 Å². The average Bonchev–Trinajstić information content (AvgIpc) is 2.57. The van der Waals surface area contributed by atoms with Gasteiger partial charge in [-0.05, 0) is 49.8 Å². The first-order valence-corrected chi connectivity index (χ1v) is 6.14. The summed E-state index contributed by atoms with van der Waals surface area (Å²) in [7, 11) is 0. The molecule has 0 aromatic carbocycles. The van der Waals surface area contributed by atoms with Crippen molar-refractivity contribution in [1.29, 1.82) is 0 Å². The van der Waals surface area contributed by atoms with Crippen LogP contribution in [-0.2, 0) is 0 Å². The molecule has 2 nitrogen and oxygen atoms in total. The highest BCUT2D eigenvalue weighted by Crippen LogP contribution is 2.28. The zero-order valence-corrected chi connectivity index (χ0v) is 9.95. The Hall–Kier alpha value is -1.15. The molecule has 0 bridgehead atoms. The molecule has 1 unspecified atom stereocenters. The number of pyridine rings is 1. The third-order valence-electron chi connectivity index (χ3n) is 3.39. The summed E-state index contributed by atoms with van der Waals surface area (Å²) in [6.07, 6.45) is 12.3. The van der Waals surface area contributed by atoms with E-state index in [1.54, 1.807) is 0 Å². The Morgan fingerprint density at radius 3 is 3.00 bits per heavy atom. The Bertz CT molecular complexity index is 382. The minimum Gasteiger partial charge on any atom is -0.320 e. The first-order chi connectivity index (χ1) is 7.79. The number of aromatic nitrogens is 1. The lowest BCUT2D eigenvalue weighted by Gasteiger charge is -2.17. The first-order valence-electron chi connectivity index (χ1n) is 6.14. The first kappa shape index (κ1) is 11.3. The topological polar surface area (TPSA) is 38.9 Å². The van der Waals surface area contributed by atoms with E-state index in [9.17, 15) is 0 Å². The van der Waals surface area contributed by atoms with Crippen LogP contribution in [0.2, 0.25) is 0 Å². The van der Waals surface area contributed by atoms with Gasteiger partial charge in [0.15, 0.2) is 0 Å². The van der Waals surface area contributed by atoms with Crippen LogP contribution in [0.3, 0.4) is 0 Å². The molecular formula is C14H20N2. The predicted octanol–water partition coefficient (Wildman–Crippen LogP) is 3.28. The zero-order valence-electron chi connectivity index (χ0n) is 9.95. The van der Waals surface area contributed by atoms with Gasteiger partial charge in [0.25, 0.3) is 0 Å². The van der Waals surface area contributed by atoms with Crippen molar-refractivity contribution in [3.63, 3.8) is 0 Å². The summed E-state index contributed by atoms with van der Waals surface area (Å²) < 4.78 is 0. The Morgan fingerprint density at radius 1 is 1.31 bits per heavy atom. The van der Waals surface area contributed by atoms with Crippen LogP contribution in [0.4, 0.5) is 0 Å². The molecule has 0 saturated heterocycles. The van der Waals surface area contributed by atoms with E-state index >= 15 is 0 Å². The van der Waals surface area contributed by atoms with E-state index in [4.69, 9.17) is 5.73 Å². The molecule has 1 aliphatic rings. The van der Waals surface area contributed by atoms with Crippen molar-refractivity contribution >= 4 is 0 Å². The van der Waals surface area contributed by atoms with E-state index in [2.05, 4.69) is 18.0 Å². The second kappa shape index (κ2) is 5.26. The fraction of sp³-hybridized carbons (Fsp3) is 0.500. The second-order valence-electron chi connectivity index (χ2n) is 4.59. The largest absolute Gasteiger partial charge is 0.320 e. The van der Waals surface area contributed by atoms with Crippen LogP contribution in [0.25, 0.3) is 0 Å². The molecule has 2 N–H and O–H groups in total. The third kappa shape index (κ3) is 2.50. The quantitative estimate of drug-likeness (QED) is 0.770. The molecule has 0 fully saturated rings. The van der Waals surface area contributed by atoms with Gasteiger partial charge < -0.3 is 5.73 Å². The number of allylic oxidation sites excluding steroid dienone is 1. The smallest absolute Gasteiger partial charge is 0.0528 e. The fourth-order valence-corrected chi connectivity index (χ4v) is 2.32. The highest BCUT2D eigenvalue weighted by Gasteiger charge is 2.15. The summed E-state index contributed by atoms with van der Waals surface area (Å²) >= 11 is 0. The van der Waals surface area contributed by atoms with Crippen LogP contribution in [0.1, 0.15) is 49.3 Å². The van der Waals surface area contributed by atoms with E-state index in [0.717, 1.165) is 6.42 Å². The molecule has 1 atom stereocenters. The van der Waals surface area contributed by atoms with E-state index in [1.807, 2.05) is 18.5 Å². The number of nitrogens with two attached hydrogens (primary N) is 1. The van der Waals surface area contributed by atoms with E-state index in [-0.39, 0.29) is 6.04 Å². The molecule has 0 amide bonds. The fourth-order valence-electron chi connectivity index (χ4n) is 2.32. The molecule has 0 aliphatic heterocycles. The van der Waals surface area contributed by atoms with Crippen molar-refractivity contribution in [2.75, 3.05) is 0 Å². The number of hydrogen-bond donors (Lipinski definition) is 1. The van der Waals surface area contributed by atoms with Gasteiger partial charge in [0.05, 0.1) is 6.04 Å². The molecular weight excluding hydrogens is 196 g/mol. The number of hydrogen-bond acceptors (Lipinski definition) is 2. The molecule has 1 aliphatic carbocycles. The van der Waals surface area contributed by atoms with Crippen molar-refractivity contribution in [2.24, 2.45) is 5.73 Å². The minimum atomic E-state index is 0.0480. The lowest BCUT2D eigenvalue weighted by atomic mass is 9.94. The second-order valence-corrected chi connectivity index (χ2v) is 4.59. The molecule has 86 valence electrons. The third-order valence-corrected chi connectivity index (χ3v) is 3.39. The molecule has 2 rings (SSSR count). The Labute approximate surface area is 97.6 Å². The molecule has 2 heteroatoms. The number of rotatable bonds is 2. The highest BCUT2D eigenvalue weighted by molar-refractivity contribution is 5.32. The van der Waals surface area contributed by atoms with Crippen LogP contribution in [-0.4, -0.2) is 4.98 Å². The normalized spacial score (nSPS) is 18.8. The van der Waals surface area contributed by atoms with Crippen LogP contribution in [0, 0.1) is 6.92 Å². The summed E-state index contributed by atoms with van der Waals surface area (Å²) in [5.41, 5.74) is 10.1. The molecule has 0 radical (unpaired) electrons.